The van der Waals surface area contributed by atoms with Crippen LogP contribution in [0.2, 0.25) is 0 Å². The summed E-state index contributed by atoms with van der Waals surface area (Å²) in [6.45, 7) is 10.2. The second-order valence-electron chi connectivity index (χ2n) is 7.23. The fraction of sp³-hybridized carbons (Fsp3) is 0.474. The molecule has 1 N–H and O–H groups in total. The van der Waals surface area contributed by atoms with Crippen molar-refractivity contribution in [3.63, 3.8) is 0 Å². The Morgan fingerprint density at radius 3 is 2.67 bits per heavy atom. The van der Waals surface area contributed by atoms with Gasteiger partial charge in [0.05, 0.1) is 0 Å². The lowest BCUT2D eigenvalue weighted by atomic mass is 10.1. The van der Waals surface area contributed by atoms with E-state index in [1.165, 1.54) is 29.4 Å². The molecule has 0 aliphatic carbocycles. The van der Waals surface area contributed by atoms with Gasteiger partial charge in [-0.1, -0.05) is 36.4 Å². The molecule has 1 unspecified atom stereocenters. The summed E-state index contributed by atoms with van der Waals surface area (Å²) < 4.78 is 0. The Hall–Kier alpha value is -1.54. The molecule has 1 atom stereocenters. The number of nitrogens with zero attached hydrogens (tertiary/aromatic N) is 1. The van der Waals surface area contributed by atoms with Gasteiger partial charge in [-0.05, 0) is 44.6 Å². The molecule has 2 aromatic carbocycles. The number of hydrogen-bond donors (Lipinski definition) is 1. The highest BCUT2D eigenvalue weighted by molar-refractivity contribution is 5.94. The predicted molar refractivity (Wildman–Crippen MR) is 92.0 cm³/mol. The minimum atomic E-state index is 0.215. The van der Waals surface area contributed by atoms with Crippen LogP contribution in [0.5, 0.6) is 0 Å². The molecule has 1 fully saturated rings. The molecule has 2 heteroatoms. The summed E-state index contributed by atoms with van der Waals surface area (Å²) in [6.07, 6.45) is 1.28. The predicted octanol–water partition coefficient (Wildman–Crippen LogP) is 4.05. The minimum absolute atomic E-state index is 0.215. The highest BCUT2D eigenvalue weighted by atomic mass is 15.2. The zero-order chi connectivity index (χ0) is 14.9. The third-order valence-electron chi connectivity index (χ3n) is 4.31. The smallest absolute Gasteiger partial charge is 0.0445 e. The first kappa shape index (κ1) is 14.4. The Kier molecular flexibility index (Phi) is 3.90. The molecule has 0 amide bonds. The van der Waals surface area contributed by atoms with Crippen LogP contribution in [0.15, 0.2) is 42.5 Å². The van der Waals surface area contributed by atoms with Gasteiger partial charge in [0.1, 0.15) is 0 Å². The molecule has 1 aliphatic rings. The summed E-state index contributed by atoms with van der Waals surface area (Å²) in [4.78, 5) is 2.55. The van der Waals surface area contributed by atoms with Gasteiger partial charge in [0, 0.05) is 36.2 Å². The summed E-state index contributed by atoms with van der Waals surface area (Å²) >= 11 is 0. The second kappa shape index (κ2) is 5.69. The maximum Gasteiger partial charge on any atom is 0.0445 e. The van der Waals surface area contributed by atoms with Crippen molar-refractivity contribution in [3.05, 3.63) is 42.5 Å². The Morgan fingerprint density at radius 1 is 1.10 bits per heavy atom. The van der Waals surface area contributed by atoms with Crippen molar-refractivity contribution in [3.8, 4) is 0 Å². The van der Waals surface area contributed by atoms with E-state index in [1.54, 1.807) is 0 Å². The first-order valence-electron chi connectivity index (χ1n) is 8.01. The molecule has 0 radical (unpaired) electrons. The van der Waals surface area contributed by atoms with E-state index in [-0.39, 0.29) is 5.54 Å². The average Bonchev–Trinajstić information content (AvgIpc) is 2.92. The van der Waals surface area contributed by atoms with Gasteiger partial charge in [-0.3, -0.25) is 0 Å². The van der Waals surface area contributed by atoms with Crippen LogP contribution in [-0.2, 0) is 0 Å². The molecule has 0 saturated carbocycles. The van der Waals surface area contributed by atoms with Crippen LogP contribution in [0.25, 0.3) is 10.8 Å². The first-order valence-corrected chi connectivity index (χ1v) is 8.01. The number of benzene rings is 2. The molecule has 112 valence electrons. The molecule has 0 bridgehead atoms. The van der Waals surface area contributed by atoms with Crippen LogP contribution in [-0.4, -0.2) is 25.2 Å². The van der Waals surface area contributed by atoms with Crippen LogP contribution < -0.4 is 10.2 Å². The van der Waals surface area contributed by atoms with E-state index >= 15 is 0 Å². The Labute approximate surface area is 128 Å². The van der Waals surface area contributed by atoms with E-state index in [2.05, 4.69) is 73.5 Å². The Balaban J connectivity index is 1.73. The first-order chi connectivity index (χ1) is 10.0. The molecule has 2 aromatic rings. The summed E-state index contributed by atoms with van der Waals surface area (Å²) in [5.41, 5.74) is 1.61. The van der Waals surface area contributed by atoms with Crippen LogP contribution in [0, 0.1) is 5.92 Å². The molecule has 1 aliphatic heterocycles. The SMILES string of the molecule is CC(C)(C)NCC1CCN(c2cccc3ccccc23)C1. The van der Waals surface area contributed by atoms with Crippen LogP contribution >= 0.6 is 0 Å². The Bertz CT molecular complexity index is 607. The van der Waals surface area contributed by atoms with Gasteiger partial charge >= 0.3 is 0 Å². The summed E-state index contributed by atoms with van der Waals surface area (Å²) in [6, 6.07) is 15.3. The third-order valence-corrected chi connectivity index (χ3v) is 4.31. The largest absolute Gasteiger partial charge is 0.371 e. The standard InChI is InChI=1S/C19H26N2/c1-19(2,3)20-13-15-11-12-21(14-15)18-10-6-8-16-7-4-5-9-17(16)18/h4-10,15,20H,11-14H2,1-3H3. The van der Waals surface area contributed by atoms with Gasteiger partial charge in [-0.15, -0.1) is 0 Å². The third kappa shape index (κ3) is 3.38. The highest BCUT2D eigenvalue weighted by Gasteiger charge is 2.24. The second-order valence-corrected chi connectivity index (χ2v) is 7.23. The number of nitrogens with one attached hydrogen (secondary N) is 1. The summed E-state index contributed by atoms with van der Waals surface area (Å²) in [7, 11) is 0. The zero-order valence-electron chi connectivity index (χ0n) is 13.4. The van der Waals surface area contributed by atoms with Crippen molar-refractivity contribution in [2.24, 2.45) is 5.92 Å². The monoisotopic (exact) mass is 282 g/mol. The molecule has 3 rings (SSSR count). The topological polar surface area (TPSA) is 15.3 Å². The molecule has 0 aromatic heterocycles. The maximum atomic E-state index is 3.65. The highest BCUT2D eigenvalue weighted by Crippen LogP contribution is 2.30. The Morgan fingerprint density at radius 2 is 1.86 bits per heavy atom. The van der Waals surface area contributed by atoms with Crippen LogP contribution in [0.1, 0.15) is 27.2 Å². The fourth-order valence-corrected chi connectivity index (χ4v) is 3.15. The maximum absolute atomic E-state index is 3.65. The van der Waals surface area contributed by atoms with Crippen molar-refractivity contribution in [1.82, 2.24) is 5.32 Å². The van der Waals surface area contributed by atoms with Crippen molar-refractivity contribution in [2.75, 3.05) is 24.5 Å². The van der Waals surface area contributed by atoms with Crippen molar-refractivity contribution in [1.29, 1.82) is 0 Å². The lowest BCUT2D eigenvalue weighted by molar-refractivity contribution is 0.383. The molecule has 0 spiro atoms. The van der Waals surface area contributed by atoms with Gasteiger partial charge in [0.25, 0.3) is 0 Å². The molecular weight excluding hydrogens is 256 g/mol. The molecule has 1 saturated heterocycles. The quantitative estimate of drug-likeness (QED) is 0.913. The molecule has 21 heavy (non-hydrogen) atoms. The lowest BCUT2D eigenvalue weighted by Crippen LogP contribution is -2.39. The average molecular weight is 282 g/mol. The number of anilines is 1. The van der Waals surface area contributed by atoms with Gasteiger partial charge in [0.15, 0.2) is 0 Å². The van der Waals surface area contributed by atoms with E-state index in [0.29, 0.717) is 0 Å². The van der Waals surface area contributed by atoms with E-state index in [1.807, 2.05) is 0 Å². The van der Waals surface area contributed by atoms with Crippen molar-refractivity contribution >= 4 is 16.5 Å². The normalized spacial score (nSPS) is 19.4. The van der Waals surface area contributed by atoms with Crippen molar-refractivity contribution in [2.45, 2.75) is 32.7 Å². The zero-order valence-corrected chi connectivity index (χ0v) is 13.4. The number of fused-ring (bicyclic) bond motifs is 1. The molecular formula is C19H26N2. The van der Waals surface area contributed by atoms with Gasteiger partial charge < -0.3 is 10.2 Å². The van der Waals surface area contributed by atoms with E-state index in [4.69, 9.17) is 0 Å². The van der Waals surface area contributed by atoms with Gasteiger partial charge in [-0.2, -0.15) is 0 Å². The van der Waals surface area contributed by atoms with E-state index in [0.717, 1.165) is 19.0 Å². The van der Waals surface area contributed by atoms with Crippen LogP contribution in [0.3, 0.4) is 0 Å². The van der Waals surface area contributed by atoms with E-state index in [9.17, 15) is 0 Å². The number of rotatable bonds is 3. The molecule has 1 heterocycles. The lowest BCUT2D eigenvalue weighted by Gasteiger charge is -2.24. The number of hydrogen-bond acceptors (Lipinski definition) is 2. The van der Waals surface area contributed by atoms with Gasteiger partial charge in [0.2, 0.25) is 0 Å². The fourth-order valence-electron chi connectivity index (χ4n) is 3.15. The summed E-state index contributed by atoms with van der Waals surface area (Å²) in [5.74, 6) is 0.753. The van der Waals surface area contributed by atoms with Crippen molar-refractivity contribution < 1.29 is 0 Å². The van der Waals surface area contributed by atoms with Gasteiger partial charge in [-0.25, -0.2) is 0 Å². The van der Waals surface area contributed by atoms with E-state index < -0.39 is 0 Å². The molecule has 2 nitrogen and oxygen atoms in total. The minimum Gasteiger partial charge on any atom is -0.371 e. The summed E-state index contributed by atoms with van der Waals surface area (Å²) in [5, 5.41) is 6.36. The van der Waals surface area contributed by atoms with Crippen LogP contribution in [0.4, 0.5) is 5.69 Å².